The number of aryl methyl sites for hydroxylation is 1. The van der Waals surface area contributed by atoms with Crippen LogP contribution < -0.4 is 0 Å². The maximum absolute atomic E-state index is 4.38. The molecular formula is C6H5N3S. The highest BCUT2D eigenvalue weighted by Crippen LogP contribution is 2.02. The summed E-state index contributed by atoms with van der Waals surface area (Å²) in [6.45, 7) is 1.86. The number of isothiocyanates is 1. The third-order valence-electron chi connectivity index (χ3n) is 0.928. The molecule has 0 radical (unpaired) electrons. The molecule has 1 aromatic heterocycles. The number of rotatable bonds is 1. The van der Waals surface area contributed by atoms with Crippen molar-refractivity contribution in [2.75, 3.05) is 0 Å². The van der Waals surface area contributed by atoms with Crippen LogP contribution in [0.2, 0.25) is 0 Å². The van der Waals surface area contributed by atoms with Gasteiger partial charge in [0.2, 0.25) is 0 Å². The Morgan fingerprint density at radius 3 is 2.80 bits per heavy atom. The molecule has 0 saturated heterocycles. The minimum Gasteiger partial charge on any atom is -0.256 e. The number of hydrogen-bond acceptors (Lipinski definition) is 4. The first-order chi connectivity index (χ1) is 4.83. The van der Waals surface area contributed by atoms with Gasteiger partial charge in [0.1, 0.15) is 0 Å². The molecular weight excluding hydrogens is 146 g/mol. The molecule has 0 aliphatic heterocycles. The normalized spacial score (nSPS) is 8.50. The lowest BCUT2D eigenvalue weighted by Gasteiger charge is -1.88. The van der Waals surface area contributed by atoms with Gasteiger partial charge in [0.25, 0.3) is 0 Å². The van der Waals surface area contributed by atoms with Gasteiger partial charge in [-0.05, 0) is 19.1 Å². The molecule has 1 aromatic rings. The molecule has 0 unspecified atom stereocenters. The third kappa shape index (κ3) is 1.69. The van der Waals surface area contributed by atoms with Crippen molar-refractivity contribution in [2.45, 2.75) is 6.92 Å². The number of nitrogens with zero attached hydrogens (tertiary/aromatic N) is 3. The largest absolute Gasteiger partial charge is 0.256 e. The van der Waals surface area contributed by atoms with E-state index < -0.39 is 0 Å². The lowest BCUT2D eigenvalue weighted by Crippen LogP contribution is -1.80. The SMILES string of the molecule is Cc1cnc(N=C=S)cn1. The molecule has 0 amide bonds. The van der Waals surface area contributed by atoms with Crippen molar-refractivity contribution >= 4 is 23.2 Å². The zero-order valence-electron chi connectivity index (χ0n) is 5.40. The summed E-state index contributed by atoms with van der Waals surface area (Å²) >= 11 is 4.38. The van der Waals surface area contributed by atoms with Gasteiger partial charge in [0.15, 0.2) is 5.82 Å². The lowest BCUT2D eigenvalue weighted by atomic mass is 10.5. The van der Waals surface area contributed by atoms with Crippen molar-refractivity contribution < 1.29 is 0 Å². The molecule has 0 aromatic carbocycles. The minimum absolute atomic E-state index is 0.501. The van der Waals surface area contributed by atoms with Crippen LogP contribution in [0.5, 0.6) is 0 Å². The standard InChI is InChI=1S/C6H5N3S/c1-5-2-8-6(3-7-5)9-4-10/h2-3H,1H3. The fourth-order valence-electron chi connectivity index (χ4n) is 0.490. The summed E-state index contributed by atoms with van der Waals surface area (Å²) in [5, 5.41) is 2.21. The molecule has 1 heterocycles. The Labute approximate surface area is 63.9 Å². The van der Waals surface area contributed by atoms with Crippen molar-refractivity contribution in [1.29, 1.82) is 0 Å². The quantitative estimate of drug-likeness (QED) is 0.451. The molecule has 0 fully saturated rings. The lowest BCUT2D eigenvalue weighted by molar-refractivity contribution is 1.11. The van der Waals surface area contributed by atoms with E-state index in [1.807, 2.05) is 6.92 Å². The molecule has 0 bridgehead atoms. The second kappa shape index (κ2) is 3.15. The molecule has 0 aliphatic carbocycles. The van der Waals surface area contributed by atoms with E-state index in [9.17, 15) is 0 Å². The van der Waals surface area contributed by atoms with E-state index in [2.05, 4.69) is 32.3 Å². The Balaban J connectivity index is 3.00. The van der Waals surface area contributed by atoms with Gasteiger partial charge >= 0.3 is 0 Å². The van der Waals surface area contributed by atoms with Crippen molar-refractivity contribution in [3.05, 3.63) is 18.1 Å². The van der Waals surface area contributed by atoms with Gasteiger partial charge in [-0.1, -0.05) is 0 Å². The van der Waals surface area contributed by atoms with E-state index in [0.29, 0.717) is 5.82 Å². The van der Waals surface area contributed by atoms with Gasteiger partial charge in [-0.15, -0.1) is 0 Å². The maximum Gasteiger partial charge on any atom is 0.181 e. The predicted octanol–water partition coefficient (Wildman–Crippen LogP) is 1.52. The Kier molecular flexibility index (Phi) is 2.20. The number of thiocarbonyl (C=S) groups is 1. The van der Waals surface area contributed by atoms with Crippen LogP contribution in [0.25, 0.3) is 0 Å². The zero-order chi connectivity index (χ0) is 7.40. The van der Waals surface area contributed by atoms with Crippen LogP contribution in [0.1, 0.15) is 5.69 Å². The summed E-state index contributed by atoms with van der Waals surface area (Å²) in [4.78, 5) is 11.5. The Morgan fingerprint density at radius 1 is 1.50 bits per heavy atom. The van der Waals surface area contributed by atoms with Gasteiger partial charge in [-0.2, -0.15) is 4.99 Å². The molecule has 0 aliphatic rings. The van der Waals surface area contributed by atoms with Gasteiger partial charge in [0.05, 0.1) is 23.2 Å². The van der Waals surface area contributed by atoms with E-state index in [-0.39, 0.29) is 0 Å². The number of aromatic nitrogens is 2. The molecule has 10 heavy (non-hydrogen) atoms. The number of aliphatic imine (C=N–C) groups is 1. The Morgan fingerprint density at radius 2 is 2.30 bits per heavy atom. The van der Waals surface area contributed by atoms with Crippen LogP contribution in [0, 0.1) is 6.92 Å². The highest BCUT2D eigenvalue weighted by atomic mass is 32.1. The Bertz CT molecular complexity index is 261. The number of hydrogen-bond donors (Lipinski definition) is 0. The molecule has 50 valence electrons. The van der Waals surface area contributed by atoms with Crippen molar-refractivity contribution in [3.63, 3.8) is 0 Å². The highest BCUT2D eigenvalue weighted by Gasteiger charge is 1.87. The topological polar surface area (TPSA) is 38.1 Å². The summed E-state index contributed by atoms with van der Waals surface area (Å²) < 4.78 is 0. The van der Waals surface area contributed by atoms with Gasteiger partial charge in [-0.3, -0.25) is 4.98 Å². The van der Waals surface area contributed by atoms with Crippen molar-refractivity contribution in [1.82, 2.24) is 9.97 Å². The zero-order valence-corrected chi connectivity index (χ0v) is 6.22. The summed E-state index contributed by atoms with van der Waals surface area (Å²) in [6.07, 6.45) is 3.18. The van der Waals surface area contributed by atoms with E-state index in [1.54, 1.807) is 12.4 Å². The second-order valence-electron chi connectivity index (χ2n) is 1.72. The summed E-state index contributed by atoms with van der Waals surface area (Å²) in [6, 6.07) is 0. The fourth-order valence-corrected chi connectivity index (χ4v) is 0.584. The molecule has 0 N–H and O–H groups in total. The van der Waals surface area contributed by atoms with Crippen LogP contribution in [0.4, 0.5) is 5.82 Å². The van der Waals surface area contributed by atoms with E-state index in [1.165, 1.54) is 0 Å². The average molecular weight is 151 g/mol. The molecule has 3 nitrogen and oxygen atoms in total. The molecule has 1 rings (SSSR count). The van der Waals surface area contributed by atoms with Crippen LogP contribution in [0.15, 0.2) is 17.4 Å². The summed E-state index contributed by atoms with van der Waals surface area (Å²) in [5.74, 6) is 0.501. The van der Waals surface area contributed by atoms with Gasteiger partial charge in [-0.25, -0.2) is 4.98 Å². The predicted molar refractivity (Wildman–Crippen MR) is 41.5 cm³/mol. The second-order valence-corrected chi connectivity index (χ2v) is 1.90. The molecule has 4 heteroatoms. The maximum atomic E-state index is 4.38. The fraction of sp³-hybridized carbons (Fsp3) is 0.167. The summed E-state index contributed by atoms with van der Waals surface area (Å²) in [5.41, 5.74) is 0.864. The van der Waals surface area contributed by atoms with Crippen molar-refractivity contribution in [3.8, 4) is 0 Å². The molecule has 0 spiro atoms. The first kappa shape index (κ1) is 6.99. The third-order valence-corrected chi connectivity index (χ3v) is 1.02. The van der Waals surface area contributed by atoms with E-state index in [0.717, 1.165) is 5.69 Å². The first-order valence-corrected chi connectivity index (χ1v) is 3.10. The highest BCUT2D eigenvalue weighted by molar-refractivity contribution is 7.78. The summed E-state index contributed by atoms with van der Waals surface area (Å²) in [7, 11) is 0. The van der Waals surface area contributed by atoms with Crippen LogP contribution in [-0.4, -0.2) is 15.1 Å². The van der Waals surface area contributed by atoms with E-state index >= 15 is 0 Å². The average Bonchev–Trinajstić information content (AvgIpc) is 1.95. The molecule has 0 saturated carbocycles. The van der Waals surface area contributed by atoms with Gasteiger partial charge < -0.3 is 0 Å². The van der Waals surface area contributed by atoms with Gasteiger partial charge in [0, 0.05) is 0 Å². The first-order valence-electron chi connectivity index (χ1n) is 2.69. The van der Waals surface area contributed by atoms with E-state index in [4.69, 9.17) is 0 Å². The van der Waals surface area contributed by atoms with Crippen LogP contribution >= 0.6 is 12.2 Å². The van der Waals surface area contributed by atoms with Crippen LogP contribution in [0.3, 0.4) is 0 Å². The van der Waals surface area contributed by atoms with Crippen molar-refractivity contribution in [2.24, 2.45) is 4.99 Å². The Hall–Kier alpha value is -1.12. The van der Waals surface area contributed by atoms with Crippen LogP contribution in [-0.2, 0) is 0 Å². The minimum atomic E-state index is 0.501. The smallest absolute Gasteiger partial charge is 0.181 e. The molecule has 0 atom stereocenters. The monoisotopic (exact) mass is 151 g/mol.